The van der Waals surface area contributed by atoms with Gasteiger partial charge in [-0.25, -0.2) is 14.1 Å². The first-order valence-corrected chi connectivity index (χ1v) is 13.0. The number of piperidine rings is 1. The molecule has 1 fully saturated rings. The van der Waals surface area contributed by atoms with E-state index in [0.29, 0.717) is 53.3 Å². The van der Waals surface area contributed by atoms with E-state index in [1.165, 1.54) is 30.0 Å². The van der Waals surface area contributed by atoms with Gasteiger partial charge in [0.25, 0.3) is 0 Å². The van der Waals surface area contributed by atoms with Crippen LogP contribution in [0.2, 0.25) is 0 Å². The molecule has 0 spiro atoms. The van der Waals surface area contributed by atoms with Gasteiger partial charge >= 0.3 is 0 Å². The number of benzene rings is 1. The molecule has 1 atom stereocenters. The molecule has 0 bridgehead atoms. The number of fused-ring (bicyclic) bond motifs is 1. The second-order valence-corrected chi connectivity index (χ2v) is 10.0. The van der Waals surface area contributed by atoms with Crippen molar-refractivity contribution >= 4 is 29.8 Å². The normalized spacial score (nSPS) is 16.7. The average Bonchev–Trinajstić information content (AvgIpc) is 3.34. The van der Waals surface area contributed by atoms with Gasteiger partial charge in [-0.05, 0) is 63.8 Å². The molecule has 1 aromatic carbocycles. The van der Waals surface area contributed by atoms with Gasteiger partial charge < -0.3 is 10.6 Å². The summed E-state index contributed by atoms with van der Waals surface area (Å²) < 4.78 is 32.1. The predicted octanol–water partition coefficient (Wildman–Crippen LogP) is 5.11. The molecule has 38 heavy (non-hydrogen) atoms. The fourth-order valence-electron chi connectivity index (χ4n) is 4.77. The van der Waals surface area contributed by atoms with E-state index in [-0.39, 0.29) is 13.2 Å². The first kappa shape index (κ1) is 29.5. The number of allylic oxidation sites excluding steroid dienone is 1. The minimum atomic E-state index is -0.413. The van der Waals surface area contributed by atoms with Crippen LogP contribution in [0.15, 0.2) is 18.2 Å². The second-order valence-electron chi connectivity index (χ2n) is 9.50. The molecule has 1 unspecified atom stereocenters. The maximum atomic E-state index is 14.5. The summed E-state index contributed by atoms with van der Waals surface area (Å²) in [6, 6.07) is 5.02. The third-order valence-corrected chi connectivity index (χ3v) is 7.32. The molecule has 1 saturated heterocycles. The number of nitrogens with two attached hydrogens (primary N) is 1. The van der Waals surface area contributed by atoms with Crippen molar-refractivity contribution in [2.24, 2.45) is 12.8 Å². The summed E-state index contributed by atoms with van der Waals surface area (Å²) in [6.45, 7) is 6.14. The molecule has 206 valence electrons. The lowest BCUT2D eigenvalue weighted by Crippen LogP contribution is -2.27. The van der Waals surface area contributed by atoms with Gasteiger partial charge in [0, 0.05) is 43.5 Å². The van der Waals surface area contributed by atoms with Crippen LogP contribution < -0.4 is 5.73 Å². The summed E-state index contributed by atoms with van der Waals surface area (Å²) in [6.07, 6.45) is 7.22. The van der Waals surface area contributed by atoms with Gasteiger partial charge in [0.15, 0.2) is 0 Å². The summed E-state index contributed by atoms with van der Waals surface area (Å²) in [5.74, 6) is -0.157. The van der Waals surface area contributed by atoms with Crippen LogP contribution in [-0.2, 0) is 24.7 Å². The van der Waals surface area contributed by atoms with E-state index >= 15 is 0 Å². The topological polar surface area (TPSA) is 82.0 Å². The molecule has 3 aromatic rings. The zero-order chi connectivity index (χ0) is 26.7. The number of imidazole rings is 1. The van der Waals surface area contributed by atoms with Crippen LogP contribution in [0.25, 0.3) is 23.2 Å². The molecule has 2 aromatic heterocycles. The Labute approximate surface area is 228 Å². The lowest BCUT2D eigenvalue weighted by molar-refractivity contribution is -0.118. The van der Waals surface area contributed by atoms with E-state index in [4.69, 9.17) is 17.3 Å². The summed E-state index contributed by atoms with van der Waals surface area (Å²) in [4.78, 5) is 16.6. The highest BCUT2D eigenvalue weighted by molar-refractivity contribution is 6.26. The van der Waals surface area contributed by atoms with Crippen molar-refractivity contribution in [2.45, 2.75) is 58.8 Å². The first-order valence-electron chi connectivity index (χ1n) is 12.6. The van der Waals surface area contributed by atoms with Gasteiger partial charge in [0.1, 0.15) is 11.6 Å². The number of aromatic nitrogens is 4. The zero-order valence-electron chi connectivity index (χ0n) is 21.5. The quantitative estimate of drug-likeness (QED) is 0.356. The van der Waals surface area contributed by atoms with Crippen molar-refractivity contribution in [1.29, 1.82) is 0 Å². The van der Waals surface area contributed by atoms with Crippen LogP contribution >= 0.6 is 11.6 Å². The Morgan fingerprint density at radius 3 is 2.50 bits per heavy atom. The molecular formula is C28H37ClF2N6O. The molecule has 10 heteroatoms. The van der Waals surface area contributed by atoms with Crippen molar-refractivity contribution in [2.75, 3.05) is 19.6 Å². The predicted molar refractivity (Wildman–Crippen MR) is 149 cm³/mol. The number of hydrogen-bond acceptors (Lipinski definition) is 4. The average molecular weight is 547 g/mol. The van der Waals surface area contributed by atoms with Crippen molar-refractivity contribution in [1.82, 2.24) is 24.2 Å². The molecule has 1 amide bonds. The van der Waals surface area contributed by atoms with Crippen LogP contribution in [0.1, 0.15) is 54.9 Å². The molecule has 0 radical (unpaired) electrons. The lowest BCUT2D eigenvalue weighted by Gasteiger charge is -2.22. The van der Waals surface area contributed by atoms with Crippen molar-refractivity contribution < 1.29 is 13.6 Å². The molecule has 3 heterocycles. The Bertz CT molecular complexity index is 1310. The Balaban J connectivity index is 0.000000382. The molecule has 1 aliphatic carbocycles. The SMILES string of the molecule is C.Cc1nc(-c2ccc(CCN)c(F)c2)n(C2=Cc3c(nn(C)c3F)CC2Cl)c1C.O=CN1CCCCC1. The fraction of sp³-hybridized carbons (Fsp3) is 0.464. The summed E-state index contributed by atoms with van der Waals surface area (Å²) in [5.41, 5.74) is 10.2. The number of likely N-dealkylation sites (tertiary alicyclic amines) is 1. The summed E-state index contributed by atoms with van der Waals surface area (Å²) in [7, 11) is 1.56. The Hall–Kier alpha value is -3.04. The summed E-state index contributed by atoms with van der Waals surface area (Å²) in [5, 5.41) is 3.79. The molecular weight excluding hydrogens is 510 g/mol. The minimum absolute atomic E-state index is 0. The van der Waals surface area contributed by atoms with Gasteiger partial charge in [-0.15, -0.1) is 11.6 Å². The number of amides is 1. The molecule has 2 N–H and O–H groups in total. The number of carbonyl (C=O) groups excluding carboxylic acids is 1. The highest BCUT2D eigenvalue weighted by Gasteiger charge is 2.29. The number of aryl methyl sites for hydroxylation is 2. The maximum absolute atomic E-state index is 14.5. The molecule has 2 aliphatic rings. The van der Waals surface area contributed by atoms with Crippen LogP contribution in [-0.4, -0.2) is 55.7 Å². The van der Waals surface area contributed by atoms with Crippen LogP contribution in [0.5, 0.6) is 0 Å². The highest BCUT2D eigenvalue weighted by Crippen LogP contribution is 2.36. The maximum Gasteiger partial charge on any atom is 0.218 e. The fourth-order valence-corrected chi connectivity index (χ4v) is 5.08. The van der Waals surface area contributed by atoms with E-state index in [9.17, 15) is 13.6 Å². The van der Waals surface area contributed by atoms with E-state index in [0.717, 1.165) is 30.9 Å². The minimum Gasteiger partial charge on any atom is -0.345 e. The van der Waals surface area contributed by atoms with Gasteiger partial charge in [-0.2, -0.15) is 9.49 Å². The Morgan fingerprint density at radius 1 is 1.18 bits per heavy atom. The van der Waals surface area contributed by atoms with Gasteiger partial charge in [0.2, 0.25) is 12.4 Å². The smallest absolute Gasteiger partial charge is 0.218 e. The van der Waals surface area contributed by atoms with Crippen molar-refractivity contribution in [3.63, 3.8) is 0 Å². The number of nitrogens with zero attached hydrogens (tertiary/aromatic N) is 5. The number of hydrogen-bond donors (Lipinski definition) is 1. The number of alkyl halides is 1. The van der Waals surface area contributed by atoms with Crippen LogP contribution in [0.4, 0.5) is 8.78 Å². The summed E-state index contributed by atoms with van der Waals surface area (Å²) >= 11 is 6.67. The molecule has 0 saturated carbocycles. The van der Waals surface area contributed by atoms with E-state index in [1.807, 2.05) is 29.4 Å². The third-order valence-electron chi connectivity index (χ3n) is 6.94. The Kier molecular flexibility index (Phi) is 9.84. The zero-order valence-corrected chi connectivity index (χ0v) is 22.2. The van der Waals surface area contributed by atoms with Crippen LogP contribution in [0, 0.1) is 25.6 Å². The molecule has 1 aliphatic heterocycles. The largest absolute Gasteiger partial charge is 0.345 e. The van der Waals surface area contributed by atoms with E-state index in [2.05, 4.69) is 10.1 Å². The van der Waals surface area contributed by atoms with Crippen molar-refractivity contribution in [3.05, 3.63) is 58.2 Å². The first-order chi connectivity index (χ1) is 17.7. The number of carbonyl (C=O) groups is 1. The van der Waals surface area contributed by atoms with Gasteiger partial charge in [-0.1, -0.05) is 19.6 Å². The number of rotatable bonds is 5. The number of halogens is 3. The third kappa shape index (κ3) is 5.99. The van der Waals surface area contributed by atoms with Crippen molar-refractivity contribution in [3.8, 4) is 11.4 Å². The monoisotopic (exact) mass is 546 g/mol. The molecule has 5 rings (SSSR count). The second kappa shape index (κ2) is 12.7. The highest BCUT2D eigenvalue weighted by atomic mass is 35.5. The van der Waals surface area contributed by atoms with E-state index < -0.39 is 11.3 Å². The van der Waals surface area contributed by atoms with Gasteiger partial charge in [0.05, 0.1) is 22.3 Å². The van der Waals surface area contributed by atoms with Crippen LogP contribution in [0.3, 0.4) is 0 Å². The van der Waals surface area contributed by atoms with E-state index in [1.54, 1.807) is 19.2 Å². The molecule has 7 nitrogen and oxygen atoms in total. The van der Waals surface area contributed by atoms with Gasteiger partial charge in [-0.3, -0.25) is 9.36 Å². The standard InChI is InChI=1S/C21H22ClF2N5.C6H11NO.CH4/c1-11-12(2)29(19-9-15-18(10-16(19)22)27-28(3)20(15)24)21(26-11)14-5-4-13(6-7-25)17(23)8-14;8-6-7-4-2-1-3-5-7;/h4-5,8-9,16H,6-7,10,25H2,1-3H3;6H,1-5H2;1H4. The Morgan fingerprint density at radius 2 is 1.89 bits per heavy atom. The lowest BCUT2D eigenvalue weighted by atomic mass is 10.0.